The highest BCUT2D eigenvalue weighted by Gasteiger charge is 2.32. The number of aromatic amines is 1. The molecule has 4 aromatic rings. The first kappa shape index (κ1) is 18.6. The molecule has 1 fully saturated rings. The summed E-state index contributed by atoms with van der Waals surface area (Å²) in [6.45, 7) is 4.12. The number of H-pyrrole nitrogens is 1. The molecule has 1 saturated heterocycles. The number of nitrogens with zero attached hydrogens (tertiary/aromatic N) is 3. The van der Waals surface area contributed by atoms with E-state index in [0.29, 0.717) is 11.9 Å². The molecule has 1 atom stereocenters. The third-order valence-corrected chi connectivity index (χ3v) is 5.55. The second-order valence-corrected chi connectivity index (χ2v) is 7.66. The maximum atomic E-state index is 5.79. The van der Waals surface area contributed by atoms with E-state index in [2.05, 4.69) is 52.1 Å². The predicted molar refractivity (Wildman–Crippen MR) is 117 cm³/mol. The second-order valence-electron chi connectivity index (χ2n) is 7.66. The molecule has 1 unspecified atom stereocenters. The van der Waals surface area contributed by atoms with Crippen molar-refractivity contribution < 1.29 is 4.74 Å². The Hall–Kier alpha value is -3.44. The van der Waals surface area contributed by atoms with Crippen molar-refractivity contribution in [2.24, 2.45) is 0 Å². The summed E-state index contributed by atoms with van der Waals surface area (Å²) in [6.07, 6.45) is 2.95. The summed E-state index contributed by atoms with van der Waals surface area (Å²) in [6, 6.07) is 24.5. The molecule has 2 aromatic heterocycles. The summed E-state index contributed by atoms with van der Waals surface area (Å²) >= 11 is 0. The van der Waals surface area contributed by atoms with Crippen LogP contribution in [-0.2, 0) is 6.54 Å². The third-order valence-electron chi connectivity index (χ3n) is 5.55. The molecule has 0 spiro atoms. The number of rotatable bonds is 6. The van der Waals surface area contributed by atoms with E-state index in [1.807, 2.05) is 48.7 Å². The molecule has 0 bridgehead atoms. The van der Waals surface area contributed by atoms with E-state index < -0.39 is 0 Å². The van der Waals surface area contributed by atoms with Crippen LogP contribution >= 0.6 is 0 Å². The number of hydrogen-bond donors (Lipinski definition) is 1. The Morgan fingerprint density at radius 3 is 2.43 bits per heavy atom. The normalized spacial score (nSPS) is 16.2. The molecular weight excluding hydrogens is 372 g/mol. The van der Waals surface area contributed by atoms with Gasteiger partial charge in [0.15, 0.2) is 0 Å². The molecule has 3 heterocycles. The molecule has 2 aromatic carbocycles. The van der Waals surface area contributed by atoms with E-state index in [0.717, 1.165) is 48.0 Å². The number of para-hydroxylation sites is 1. The number of aromatic nitrogens is 3. The van der Waals surface area contributed by atoms with Crippen molar-refractivity contribution in [2.75, 3.05) is 6.54 Å². The van der Waals surface area contributed by atoms with Crippen molar-refractivity contribution >= 4 is 0 Å². The summed E-state index contributed by atoms with van der Waals surface area (Å²) in [5.74, 6) is 2.39. The van der Waals surface area contributed by atoms with E-state index in [9.17, 15) is 0 Å². The number of aryl methyl sites for hydroxylation is 1. The largest absolute Gasteiger partial charge is 0.439 e. The number of imidazole rings is 1. The number of hydrogen-bond acceptors (Lipinski definition) is 4. The first-order chi connectivity index (χ1) is 14.8. The standard InChI is InChI=1S/C25H24N4O/c1-18-24(20-12-13-23(26-16-20)30-21-10-6-3-7-11-21)28-25(27-18)22-14-15-29(22)17-19-8-4-2-5-9-19/h2-13,16,22H,14-15,17H2,1H3,(H,27,28). The number of nitrogens with one attached hydrogen (secondary N) is 1. The molecule has 0 saturated carbocycles. The lowest BCUT2D eigenvalue weighted by Gasteiger charge is -2.39. The molecule has 5 rings (SSSR count). The molecule has 5 nitrogen and oxygen atoms in total. The van der Waals surface area contributed by atoms with Crippen LogP contribution in [0.2, 0.25) is 0 Å². The lowest BCUT2D eigenvalue weighted by atomic mass is 10.0. The van der Waals surface area contributed by atoms with Gasteiger partial charge in [-0.2, -0.15) is 0 Å². The fourth-order valence-corrected chi connectivity index (χ4v) is 3.87. The van der Waals surface area contributed by atoms with Gasteiger partial charge in [-0.3, -0.25) is 4.90 Å². The molecule has 30 heavy (non-hydrogen) atoms. The Balaban J connectivity index is 1.30. The average Bonchev–Trinajstić information content (AvgIpc) is 3.14. The van der Waals surface area contributed by atoms with Crippen LogP contribution in [0.25, 0.3) is 11.3 Å². The first-order valence-corrected chi connectivity index (χ1v) is 10.3. The summed E-state index contributed by atoms with van der Waals surface area (Å²) < 4.78 is 5.79. The number of likely N-dealkylation sites (tertiary alicyclic amines) is 1. The zero-order valence-electron chi connectivity index (χ0n) is 17.0. The highest BCUT2D eigenvalue weighted by molar-refractivity contribution is 5.61. The van der Waals surface area contributed by atoms with E-state index in [4.69, 9.17) is 9.72 Å². The Bertz CT molecular complexity index is 1110. The van der Waals surface area contributed by atoms with Crippen LogP contribution in [0.3, 0.4) is 0 Å². The lowest BCUT2D eigenvalue weighted by molar-refractivity contribution is 0.0759. The monoisotopic (exact) mass is 396 g/mol. The van der Waals surface area contributed by atoms with E-state index in [-0.39, 0.29) is 0 Å². The Morgan fingerprint density at radius 2 is 1.77 bits per heavy atom. The molecule has 150 valence electrons. The third kappa shape index (κ3) is 3.84. The highest BCUT2D eigenvalue weighted by Crippen LogP contribution is 2.35. The molecule has 0 radical (unpaired) electrons. The van der Waals surface area contributed by atoms with Gasteiger partial charge in [0.2, 0.25) is 5.88 Å². The van der Waals surface area contributed by atoms with Crippen LogP contribution < -0.4 is 4.74 Å². The van der Waals surface area contributed by atoms with Gasteiger partial charge >= 0.3 is 0 Å². The van der Waals surface area contributed by atoms with E-state index >= 15 is 0 Å². The SMILES string of the molecule is Cc1[nH]c(C2CCN2Cc2ccccc2)nc1-c1ccc(Oc2ccccc2)nc1. The zero-order valence-corrected chi connectivity index (χ0v) is 17.0. The van der Waals surface area contributed by atoms with Gasteiger partial charge in [-0.1, -0.05) is 48.5 Å². The number of benzene rings is 2. The topological polar surface area (TPSA) is 54.0 Å². The van der Waals surface area contributed by atoms with Crippen LogP contribution in [0.15, 0.2) is 79.0 Å². The van der Waals surface area contributed by atoms with Gasteiger partial charge in [0.1, 0.15) is 11.6 Å². The molecule has 1 aliphatic rings. The fourth-order valence-electron chi connectivity index (χ4n) is 3.87. The first-order valence-electron chi connectivity index (χ1n) is 10.3. The maximum absolute atomic E-state index is 5.79. The highest BCUT2D eigenvalue weighted by atomic mass is 16.5. The van der Waals surface area contributed by atoms with Crippen molar-refractivity contribution in [3.05, 3.63) is 96.1 Å². The van der Waals surface area contributed by atoms with Gasteiger partial charge in [-0.25, -0.2) is 9.97 Å². The van der Waals surface area contributed by atoms with Gasteiger partial charge < -0.3 is 9.72 Å². The summed E-state index contributed by atoms with van der Waals surface area (Å²) in [5, 5.41) is 0. The van der Waals surface area contributed by atoms with Crippen LogP contribution in [-0.4, -0.2) is 26.4 Å². The van der Waals surface area contributed by atoms with Gasteiger partial charge in [-0.05, 0) is 37.1 Å². The van der Waals surface area contributed by atoms with Crippen molar-refractivity contribution in [3.63, 3.8) is 0 Å². The Labute approximate surface area is 176 Å². The zero-order chi connectivity index (χ0) is 20.3. The molecule has 5 heteroatoms. The van der Waals surface area contributed by atoms with Crippen LogP contribution in [0.1, 0.15) is 29.5 Å². The number of pyridine rings is 1. The maximum Gasteiger partial charge on any atom is 0.219 e. The van der Waals surface area contributed by atoms with Gasteiger partial charge in [-0.15, -0.1) is 0 Å². The minimum atomic E-state index is 0.339. The number of ether oxygens (including phenoxy) is 1. The average molecular weight is 396 g/mol. The van der Waals surface area contributed by atoms with Crippen molar-refractivity contribution in [1.29, 1.82) is 0 Å². The van der Waals surface area contributed by atoms with E-state index in [1.54, 1.807) is 0 Å². The van der Waals surface area contributed by atoms with Crippen LogP contribution in [0, 0.1) is 6.92 Å². The van der Waals surface area contributed by atoms with Crippen LogP contribution in [0.5, 0.6) is 11.6 Å². The van der Waals surface area contributed by atoms with Crippen molar-refractivity contribution in [1.82, 2.24) is 19.9 Å². The molecule has 1 N–H and O–H groups in total. The molecular formula is C25H24N4O. The second kappa shape index (κ2) is 8.13. The summed E-state index contributed by atoms with van der Waals surface area (Å²) in [7, 11) is 0. The van der Waals surface area contributed by atoms with Crippen LogP contribution in [0.4, 0.5) is 0 Å². The van der Waals surface area contributed by atoms with E-state index in [1.165, 1.54) is 5.56 Å². The van der Waals surface area contributed by atoms with Gasteiger partial charge in [0.25, 0.3) is 0 Å². The Morgan fingerprint density at radius 1 is 1.00 bits per heavy atom. The van der Waals surface area contributed by atoms with Gasteiger partial charge in [0, 0.05) is 36.6 Å². The molecule has 0 amide bonds. The summed E-state index contributed by atoms with van der Waals surface area (Å²) in [4.78, 5) is 15.4. The minimum absolute atomic E-state index is 0.339. The quantitative estimate of drug-likeness (QED) is 0.466. The van der Waals surface area contributed by atoms with Gasteiger partial charge in [0.05, 0.1) is 11.7 Å². The molecule has 0 aliphatic carbocycles. The fraction of sp³-hybridized carbons (Fsp3) is 0.200. The van der Waals surface area contributed by atoms with Crippen molar-refractivity contribution in [2.45, 2.75) is 25.9 Å². The lowest BCUT2D eigenvalue weighted by Crippen LogP contribution is -2.40. The Kier molecular flexibility index (Phi) is 5.03. The van der Waals surface area contributed by atoms with Crippen molar-refractivity contribution in [3.8, 4) is 22.9 Å². The molecule has 1 aliphatic heterocycles. The smallest absolute Gasteiger partial charge is 0.219 e. The predicted octanol–water partition coefficient (Wildman–Crippen LogP) is 5.52. The summed E-state index contributed by atoms with van der Waals surface area (Å²) in [5.41, 5.74) is 4.35. The minimum Gasteiger partial charge on any atom is -0.439 e.